The lowest BCUT2D eigenvalue weighted by Gasteiger charge is -2.09. The van der Waals surface area contributed by atoms with Gasteiger partial charge >= 0.3 is 6.18 Å². The lowest BCUT2D eigenvalue weighted by Crippen LogP contribution is -2.05. The maximum absolute atomic E-state index is 12.8. The van der Waals surface area contributed by atoms with Crippen LogP contribution < -0.4 is 0 Å². The van der Waals surface area contributed by atoms with Gasteiger partial charge in [0.05, 0.1) is 5.56 Å². The van der Waals surface area contributed by atoms with Gasteiger partial charge in [-0.3, -0.25) is 0 Å². The van der Waals surface area contributed by atoms with Crippen LogP contribution in [0.1, 0.15) is 18.1 Å². The van der Waals surface area contributed by atoms with Gasteiger partial charge in [0.2, 0.25) is 0 Å². The van der Waals surface area contributed by atoms with Gasteiger partial charge in [0.1, 0.15) is 0 Å². The van der Waals surface area contributed by atoms with E-state index in [-0.39, 0.29) is 0 Å². The fourth-order valence-electron chi connectivity index (χ4n) is 2.47. The molecular formula is C18H16F3N3S. The van der Waals surface area contributed by atoms with Crippen LogP contribution in [0.15, 0.2) is 59.8 Å². The Hall–Kier alpha value is -2.28. The molecule has 0 radical (unpaired) electrons. The van der Waals surface area contributed by atoms with Gasteiger partial charge in [-0.15, -0.1) is 10.2 Å². The molecule has 3 rings (SSSR count). The summed E-state index contributed by atoms with van der Waals surface area (Å²) in [6.45, 7) is 2.67. The molecule has 7 heteroatoms. The molecule has 0 aliphatic rings. The monoisotopic (exact) mass is 363 g/mol. The topological polar surface area (TPSA) is 30.7 Å². The number of hydrogen-bond acceptors (Lipinski definition) is 3. The summed E-state index contributed by atoms with van der Waals surface area (Å²) in [4.78, 5) is 0. The normalized spacial score (nSPS) is 11.7. The molecule has 25 heavy (non-hydrogen) atoms. The number of nitrogens with zero attached hydrogens (tertiary/aromatic N) is 3. The Balaban J connectivity index is 1.80. The summed E-state index contributed by atoms with van der Waals surface area (Å²) in [5, 5.41) is 9.14. The minimum absolute atomic E-state index is 0.400. The second kappa shape index (κ2) is 7.31. The molecule has 0 N–H and O–H groups in total. The molecule has 0 bridgehead atoms. The van der Waals surface area contributed by atoms with Crippen molar-refractivity contribution < 1.29 is 13.2 Å². The van der Waals surface area contributed by atoms with Crippen LogP contribution in [0.3, 0.4) is 0 Å². The molecule has 3 nitrogen and oxygen atoms in total. The van der Waals surface area contributed by atoms with Crippen LogP contribution in [0, 0.1) is 0 Å². The molecule has 0 saturated carbocycles. The average molecular weight is 363 g/mol. The fraction of sp³-hybridized carbons (Fsp3) is 0.222. The standard InChI is InChI=1S/C18H16F3N3S/c1-2-24-16(14-8-4-3-5-9-14)22-23-17(24)25-12-13-7-6-10-15(11-13)18(19,20)21/h3-11H,2,12H2,1H3. The van der Waals surface area contributed by atoms with Gasteiger partial charge in [0, 0.05) is 17.9 Å². The number of rotatable bonds is 5. The van der Waals surface area contributed by atoms with E-state index in [1.54, 1.807) is 6.07 Å². The quantitative estimate of drug-likeness (QED) is 0.578. The van der Waals surface area contributed by atoms with Gasteiger partial charge < -0.3 is 4.57 Å². The summed E-state index contributed by atoms with van der Waals surface area (Å²) in [7, 11) is 0. The third-order valence-corrected chi connectivity index (χ3v) is 4.73. The molecule has 1 heterocycles. The molecule has 0 atom stereocenters. The number of hydrogen-bond donors (Lipinski definition) is 0. The van der Waals surface area contributed by atoms with Crippen LogP contribution >= 0.6 is 11.8 Å². The highest BCUT2D eigenvalue weighted by Crippen LogP contribution is 2.31. The highest BCUT2D eigenvalue weighted by Gasteiger charge is 2.30. The van der Waals surface area contributed by atoms with Crippen molar-refractivity contribution in [3.63, 3.8) is 0 Å². The van der Waals surface area contributed by atoms with Crippen molar-refractivity contribution in [3.05, 3.63) is 65.7 Å². The van der Waals surface area contributed by atoms with Crippen molar-refractivity contribution in [2.45, 2.75) is 30.6 Å². The molecule has 0 spiro atoms. The number of aromatic nitrogens is 3. The zero-order chi connectivity index (χ0) is 17.9. The molecule has 0 fully saturated rings. The molecule has 130 valence electrons. The first-order valence-electron chi connectivity index (χ1n) is 7.76. The average Bonchev–Trinajstić information content (AvgIpc) is 3.03. The van der Waals surface area contributed by atoms with E-state index in [1.165, 1.54) is 23.9 Å². The first-order valence-corrected chi connectivity index (χ1v) is 8.75. The van der Waals surface area contributed by atoms with E-state index in [0.29, 0.717) is 23.0 Å². The highest BCUT2D eigenvalue weighted by molar-refractivity contribution is 7.98. The van der Waals surface area contributed by atoms with E-state index in [0.717, 1.165) is 17.5 Å². The Morgan fingerprint density at radius 2 is 1.76 bits per heavy atom. The predicted molar refractivity (Wildman–Crippen MR) is 92.1 cm³/mol. The molecule has 3 aromatic rings. The van der Waals surface area contributed by atoms with Crippen LogP contribution in [0.4, 0.5) is 13.2 Å². The first-order chi connectivity index (χ1) is 12.0. The number of halogens is 3. The number of thioether (sulfide) groups is 1. The molecule has 0 amide bonds. The molecule has 0 unspecified atom stereocenters. The molecule has 0 aliphatic carbocycles. The van der Waals surface area contributed by atoms with Gasteiger partial charge in [-0.1, -0.05) is 60.3 Å². The van der Waals surface area contributed by atoms with E-state index >= 15 is 0 Å². The summed E-state index contributed by atoms with van der Waals surface area (Å²) < 4.78 is 40.4. The second-order valence-corrected chi connectivity index (χ2v) is 6.35. The smallest absolute Gasteiger partial charge is 0.302 e. The second-order valence-electron chi connectivity index (χ2n) is 5.40. The van der Waals surface area contributed by atoms with Crippen molar-refractivity contribution in [2.24, 2.45) is 0 Å². The molecule has 0 aliphatic heterocycles. The summed E-state index contributed by atoms with van der Waals surface area (Å²) in [5.74, 6) is 1.16. The zero-order valence-corrected chi connectivity index (χ0v) is 14.3. The van der Waals surface area contributed by atoms with Crippen LogP contribution in [0.2, 0.25) is 0 Å². The Labute approximate surface area is 147 Å². The summed E-state index contributed by atoms with van der Waals surface area (Å²) in [5.41, 5.74) is 0.932. The van der Waals surface area contributed by atoms with Crippen molar-refractivity contribution in [3.8, 4) is 11.4 Å². The minimum Gasteiger partial charge on any atom is -0.302 e. The maximum atomic E-state index is 12.8. The Kier molecular flexibility index (Phi) is 5.13. The lowest BCUT2D eigenvalue weighted by atomic mass is 10.1. The first kappa shape index (κ1) is 17.5. The summed E-state index contributed by atoms with van der Waals surface area (Å²) >= 11 is 1.38. The number of alkyl halides is 3. The SMILES string of the molecule is CCn1c(SCc2cccc(C(F)(F)F)c2)nnc1-c1ccccc1. The molecule has 1 aromatic heterocycles. The van der Waals surface area contributed by atoms with E-state index in [2.05, 4.69) is 10.2 Å². The van der Waals surface area contributed by atoms with Crippen molar-refractivity contribution in [2.75, 3.05) is 0 Å². The number of benzene rings is 2. The predicted octanol–water partition coefficient (Wildman–Crippen LogP) is 5.28. The Bertz CT molecular complexity index is 844. The molecular weight excluding hydrogens is 347 g/mol. The fourth-order valence-corrected chi connectivity index (χ4v) is 3.41. The maximum Gasteiger partial charge on any atom is 0.416 e. The molecule has 0 saturated heterocycles. The summed E-state index contributed by atoms with van der Waals surface area (Å²) in [6, 6.07) is 15.1. The Morgan fingerprint density at radius 3 is 2.44 bits per heavy atom. The van der Waals surface area contributed by atoms with Crippen molar-refractivity contribution in [1.29, 1.82) is 0 Å². The van der Waals surface area contributed by atoms with Crippen molar-refractivity contribution >= 4 is 11.8 Å². The van der Waals surface area contributed by atoms with Crippen LogP contribution in [-0.2, 0) is 18.5 Å². The van der Waals surface area contributed by atoms with Gasteiger partial charge in [-0.2, -0.15) is 13.2 Å². The van der Waals surface area contributed by atoms with Crippen molar-refractivity contribution in [1.82, 2.24) is 14.8 Å². The van der Waals surface area contributed by atoms with Crippen LogP contribution in [-0.4, -0.2) is 14.8 Å². The van der Waals surface area contributed by atoms with Gasteiger partial charge in [-0.25, -0.2) is 0 Å². The summed E-state index contributed by atoms with van der Waals surface area (Å²) in [6.07, 6.45) is -4.33. The van der Waals surface area contributed by atoms with E-state index < -0.39 is 11.7 Å². The Morgan fingerprint density at radius 1 is 1.00 bits per heavy atom. The van der Waals surface area contributed by atoms with Gasteiger partial charge in [-0.05, 0) is 18.6 Å². The van der Waals surface area contributed by atoms with E-state index in [9.17, 15) is 13.2 Å². The minimum atomic E-state index is -4.33. The van der Waals surface area contributed by atoms with Crippen LogP contribution in [0.25, 0.3) is 11.4 Å². The lowest BCUT2D eigenvalue weighted by molar-refractivity contribution is -0.137. The van der Waals surface area contributed by atoms with Crippen LogP contribution in [0.5, 0.6) is 0 Å². The highest BCUT2D eigenvalue weighted by atomic mass is 32.2. The van der Waals surface area contributed by atoms with E-state index in [4.69, 9.17) is 0 Å². The largest absolute Gasteiger partial charge is 0.416 e. The third-order valence-electron chi connectivity index (χ3n) is 3.69. The van der Waals surface area contributed by atoms with Gasteiger partial charge in [0.25, 0.3) is 0 Å². The zero-order valence-electron chi connectivity index (χ0n) is 13.5. The van der Waals surface area contributed by atoms with E-state index in [1.807, 2.05) is 41.8 Å². The third kappa shape index (κ3) is 4.04. The van der Waals surface area contributed by atoms with Gasteiger partial charge in [0.15, 0.2) is 11.0 Å². The molecule has 2 aromatic carbocycles.